The van der Waals surface area contributed by atoms with E-state index < -0.39 is 15.9 Å². The summed E-state index contributed by atoms with van der Waals surface area (Å²) in [6, 6.07) is 15.3. The summed E-state index contributed by atoms with van der Waals surface area (Å²) in [5.41, 5.74) is 1.44. The number of amides is 1. The van der Waals surface area contributed by atoms with Crippen LogP contribution in [0.3, 0.4) is 0 Å². The molecule has 2 aromatic carbocycles. The van der Waals surface area contributed by atoms with Gasteiger partial charge in [-0.05, 0) is 44.0 Å². The number of aryl methyl sites for hydroxylation is 1. The third kappa shape index (κ3) is 4.68. The summed E-state index contributed by atoms with van der Waals surface area (Å²) in [5, 5.41) is 10.9. The summed E-state index contributed by atoms with van der Waals surface area (Å²) in [4.78, 5) is 12.9. The smallest absolute Gasteiger partial charge is 0.275 e. The molecule has 1 aromatic heterocycles. The minimum atomic E-state index is -3.96. The van der Waals surface area contributed by atoms with Crippen LogP contribution in [0.5, 0.6) is 0 Å². The Balaban J connectivity index is 2.04. The van der Waals surface area contributed by atoms with Crippen molar-refractivity contribution < 1.29 is 13.2 Å². The number of sulfonamides is 1. The van der Waals surface area contributed by atoms with Crippen LogP contribution in [0.4, 0.5) is 5.82 Å². The average Bonchev–Trinajstić information content (AvgIpc) is 3.15. The summed E-state index contributed by atoms with van der Waals surface area (Å²) >= 11 is 0. The molecule has 3 aromatic rings. The van der Waals surface area contributed by atoms with E-state index in [1.165, 1.54) is 16.8 Å². The molecule has 0 saturated heterocycles. The molecule has 8 nitrogen and oxygen atoms in total. The maximum absolute atomic E-state index is 13.0. The lowest BCUT2D eigenvalue weighted by atomic mass is 10.1. The Morgan fingerprint density at radius 2 is 1.67 bits per heavy atom. The van der Waals surface area contributed by atoms with Gasteiger partial charge >= 0.3 is 0 Å². The highest BCUT2D eigenvalue weighted by Crippen LogP contribution is 2.22. The number of hydrogen-bond donors (Lipinski definition) is 2. The van der Waals surface area contributed by atoms with E-state index in [0.717, 1.165) is 18.4 Å². The van der Waals surface area contributed by atoms with E-state index in [1.54, 1.807) is 36.4 Å². The molecular weight excluding hydrogens is 402 g/mol. The average molecular weight is 428 g/mol. The van der Waals surface area contributed by atoms with Crippen molar-refractivity contribution in [1.29, 1.82) is 0 Å². The van der Waals surface area contributed by atoms with Crippen molar-refractivity contribution in [1.82, 2.24) is 20.3 Å². The Labute approximate surface area is 176 Å². The van der Waals surface area contributed by atoms with Gasteiger partial charge < -0.3 is 5.32 Å². The van der Waals surface area contributed by atoms with Gasteiger partial charge in [0.05, 0.1) is 10.6 Å². The monoisotopic (exact) mass is 427 g/mol. The van der Waals surface area contributed by atoms with Crippen molar-refractivity contribution >= 4 is 21.7 Å². The fraction of sp³-hybridized carbons (Fsp3) is 0.286. The largest absolute Gasteiger partial charge is 0.348 e. The quantitative estimate of drug-likeness (QED) is 0.574. The highest BCUT2D eigenvalue weighted by Gasteiger charge is 2.26. The maximum atomic E-state index is 13.0. The molecule has 3 rings (SSSR count). The lowest BCUT2D eigenvalue weighted by molar-refractivity contribution is 0.0930. The highest BCUT2D eigenvalue weighted by molar-refractivity contribution is 7.92. The first kappa shape index (κ1) is 21.5. The van der Waals surface area contributed by atoms with Crippen molar-refractivity contribution in [3.8, 4) is 5.69 Å². The van der Waals surface area contributed by atoms with E-state index >= 15 is 0 Å². The fourth-order valence-corrected chi connectivity index (χ4v) is 3.98. The van der Waals surface area contributed by atoms with E-state index in [1.807, 2.05) is 26.8 Å². The number of hydrogen-bond acceptors (Lipinski definition) is 5. The first-order valence-electron chi connectivity index (χ1n) is 9.77. The fourth-order valence-electron chi connectivity index (χ4n) is 2.93. The number of aromatic nitrogens is 3. The molecule has 0 spiro atoms. The van der Waals surface area contributed by atoms with Gasteiger partial charge in [-0.2, -0.15) is 4.68 Å². The SMILES string of the molecule is CCC(CC)NC(=O)c1nnn(-c2ccccc2)c1NS(=O)(=O)c1ccc(C)cc1. The standard InChI is InChI=1S/C21H25N5O3S/c1-4-16(5-2)22-21(27)19-20(26(25-23-19)17-9-7-6-8-10-17)24-30(28,29)18-13-11-15(3)12-14-18/h6-14,16,24H,4-5H2,1-3H3,(H,22,27). The molecule has 9 heteroatoms. The third-order valence-corrected chi connectivity index (χ3v) is 6.12. The van der Waals surface area contributed by atoms with E-state index in [9.17, 15) is 13.2 Å². The second-order valence-electron chi connectivity index (χ2n) is 6.94. The molecule has 30 heavy (non-hydrogen) atoms. The maximum Gasteiger partial charge on any atom is 0.275 e. The number of carbonyl (C=O) groups is 1. The summed E-state index contributed by atoms with van der Waals surface area (Å²) in [5.74, 6) is -0.488. The molecule has 1 amide bonds. The number of carbonyl (C=O) groups excluding carboxylic acids is 1. The number of anilines is 1. The summed E-state index contributed by atoms with van der Waals surface area (Å²) in [7, 11) is -3.96. The Kier molecular flexibility index (Phi) is 6.51. The van der Waals surface area contributed by atoms with Crippen LogP contribution in [-0.2, 0) is 10.0 Å². The first-order chi connectivity index (χ1) is 14.4. The number of para-hydroxylation sites is 1. The molecule has 0 saturated carbocycles. The molecule has 0 fully saturated rings. The van der Waals surface area contributed by atoms with Gasteiger partial charge in [0.1, 0.15) is 0 Å². The normalized spacial score (nSPS) is 11.5. The van der Waals surface area contributed by atoms with Crippen LogP contribution in [0.15, 0.2) is 59.5 Å². The first-order valence-corrected chi connectivity index (χ1v) is 11.3. The van der Waals surface area contributed by atoms with Crippen LogP contribution in [0.25, 0.3) is 5.69 Å². The van der Waals surface area contributed by atoms with Gasteiger partial charge in [-0.25, -0.2) is 8.42 Å². The van der Waals surface area contributed by atoms with Crippen molar-refractivity contribution in [2.45, 2.75) is 44.6 Å². The molecule has 0 atom stereocenters. The second kappa shape index (κ2) is 9.08. The van der Waals surface area contributed by atoms with Crippen LogP contribution in [-0.4, -0.2) is 35.4 Å². The zero-order valence-corrected chi connectivity index (χ0v) is 18.0. The van der Waals surface area contributed by atoms with Crippen molar-refractivity contribution in [2.75, 3.05) is 4.72 Å². The predicted molar refractivity (Wildman–Crippen MR) is 115 cm³/mol. The Bertz CT molecular complexity index is 1110. The molecule has 0 aliphatic heterocycles. The molecule has 0 bridgehead atoms. The van der Waals surface area contributed by atoms with Crippen molar-refractivity contribution in [3.05, 3.63) is 65.9 Å². The van der Waals surface area contributed by atoms with Crippen LogP contribution in [0.1, 0.15) is 42.7 Å². The van der Waals surface area contributed by atoms with Gasteiger partial charge in [0.2, 0.25) is 0 Å². The lowest BCUT2D eigenvalue weighted by Gasteiger charge is -2.15. The molecular formula is C21H25N5O3S. The molecule has 0 aliphatic rings. The Hall–Kier alpha value is -3.20. The van der Waals surface area contributed by atoms with Gasteiger partial charge in [-0.15, -0.1) is 5.10 Å². The van der Waals surface area contributed by atoms with Gasteiger partial charge in [-0.1, -0.05) is 55.0 Å². The van der Waals surface area contributed by atoms with E-state index in [0.29, 0.717) is 5.69 Å². The molecule has 0 aliphatic carbocycles. The number of benzene rings is 2. The van der Waals surface area contributed by atoms with E-state index in [4.69, 9.17) is 0 Å². The van der Waals surface area contributed by atoms with Crippen LogP contribution in [0, 0.1) is 6.92 Å². The number of nitrogens with zero attached hydrogens (tertiary/aromatic N) is 3. The summed E-state index contributed by atoms with van der Waals surface area (Å²) in [6.45, 7) is 5.81. The molecule has 0 radical (unpaired) electrons. The minimum Gasteiger partial charge on any atom is -0.348 e. The van der Waals surface area contributed by atoms with Crippen LogP contribution >= 0.6 is 0 Å². The molecule has 2 N–H and O–H groups in total. The van der Waals surface area contributed by atoms with Gasteiger partial charge in [0.25, 0.3) is 15.9 Å². The Morgan fingerprint density at radius 3 is 2.27 bits per heavy atom. The topological polar surface area (TPSA) is 106 Å². The number of rotatable bonds is 8. The molecule has 0 unspecified atom stereocenters. The highest BCUT2D eigenvalue weighted by atomic mass is 32.2. The zero-order chi connectivity index (χ0) is 21.7. The lowest BCUT2D eigenvalue weighted by Crippen LogP contribution is -2.34. The van der Waals surface area contributed by atoms with Gasteiger partial charge in [0, 0.05) is 6.04 Å². The molecule has 158 valence electrons. The number of nitrogens with one attached hydrogen (secondary N) is 2. The van der Waals surface area contributed by atoms with E-state index in [2.05, 4.69) is 20.4 Å². The minimum absolute atomic E-state index is 0.00905. The van der Waals surface area contributed by atoms with E-state index in [-0.39, 0.29) is 22.4 Å². The summed E-state index contributed by atoms with van der Waals surface area (Å²) < 4.78 is 29.8. The van der Waals surface area contributed by atoms with Crippen molar-refractivity contribution in [3.63, 3.8) is 0 Å². The molecule has 1 heterocycles. The van der Waals surface area contributed by atoms with Crippen LogP contribution < -0.4 is 10.0 Å². The zero-order valence-electron chi connectivity index (χ0n) is 17.2. The van der Waals surface area contributed by atoms with Gasteiger partial charge in [0.15, 0.2) is 11.5 Å². The predicted octanol–water partition coefficient (Wildman–Crippen LogP) is 3.29. The summed E-state index contributed by atoms with van der Waals surface area (Å²) in [6.07, 6.45) is 1.50. The van der Waals surface area contributed by atoms with Gasteiger partial charge in [-0.3, -0.25) is 9.52 Å². The Morgan fingerprint density at radius 1 is 1.03 bits per heavy atom. The van der Waals surface area contributed by atoms with Crippen LogP contribution in [0.2, 0.25) is 0 Å². The second-order valence-corrected chi connectivity index (χ2v) is 8.62. The van der Waals surface area contributed by atoms with Crippen molar-refractivity contribution in [2.24, 2.45) is 0 Å². The third-order valence-electron chi connectivity index (χ3n) is 4.77.